The van der Waals surface area contributed by atoms with E-state index in [0.29, 0.717) is 19.3 Å². The molecule has 0 aliphatic rings. The van der Waals surface area contributed by atoms with Crippen molar-refractivity contribution in [2.24, 2.45) is 0 Å². The Labute approximate surface area is 475 Å². The Morgan fingerprint density at radius 3 is 0.844 bits per heavy atom. The maximum Gasteiger partial charge on any atom is 0.306 e. The van der Waals surface area contributed by atoms with E-state index >= 15 is 0 Å². The maximum absolute atomic E-state index is 12.8. The molecule has 0 aliphatic heterocycles. The van der Waals surface area contributed by atoms with E-state index in [4.69, 9.17) is 14.2 Å². The molecule has 0 aromatic carbocycles. The molecule has 6 heteroatoms. The molecule has 0 spiro atoms. The quantitative estimate of drug-likeness (QED) is 0.0261. The van der Waals surface area contributed by atoms with Crippen molar-refractivity contribution in [3.8, 4) is 0 Å². The third kappa shape index (κ3) is 62.3. The molecule has 6 nitrogen and oxygen atoms in total. The molecule has 0 fully saturated rings. The Morgan fingerprint density at radius 1 is 0.273 bits per heavy atom. The summed E-state index contributed by atoms with van der Waals surface area (Å²) in [6.07, 6.45) is 90.4. The molecular weight excluding hydrogens is 949 g/mol. The van der Waals surface area contributed by atoms with E-state index in [1.54, 1.807) is 0 Å². The second kappa shape index (κ2) is 64.1. The van der Waals surface area contributed by atoms with Crippen LogP contribution in [-0.4, -0.2) is 37.2 Å². The highest BCUT2D eigenvalue weighted by Gasteiger charge is 2.19. The van der Waals surface area contributed by atoms with E-state index in [9.17, 15) is 14.4 Å². The van der Waals surface area contributed by atoms with Gasteiger partial charge in [0.15, 0.2) is 6.10 Å². The topological polar surface area (TPSA) is 78.9 Å². The van der Waals surface area contributed by atoms with Crippen LogP contribution in [-0.2, 0) is 28.6 Å². The molecule has 1 unspecified atom stereocenters. The average Bonchev–Trinajstić information content (AvgIpc) is 3.43. The Balaban J connectivity index is 4.22. The van der Waals surface area contributed by atoms with Gasteiger partial charge in [-0.1, -0.05) is 257 Å². The number of rotatable bonds is 56. The fourth-order valence-corrected chi connectivity index (χ4v) is 8.35. The molecule has 0 aromatic rings. The van der Waals surface area contributed by atoms with Crippen LogP contribution in [0.4, 0.5) is 0 Å². The summed E-state index contributed by atoms with van der Waals surface area (Å²) in [6.45, 7) is 6.44. The first-order chi connectivity index (χ1) is 38.0. The van der Waals surface area contributed by atoms with Crippen LogP contribution in [0.2, 0.25) is 0 Å². The van der Waals surface area contributed by atoms with Gasteiger partial charge in [-0.05, 0) is 135 Å². The Bertz CT molecular complexity index is 1650. The van der Waals surface area contributed by atoms with Crippen molar-refractivity contribution in [1.29, 1.82) is 0 Å². The molecular formula is C71H116O6. The predicted molar refractivity (Wildman–Crippen MR) is 334 cm³/mol. The lowest BCUT2D eigenvalue weighted by molar-refractivity contribution is -0.167. The van der Waals surface area contributed by atoms with E-state index < -0.39 is 6.10 Å². The summed E-state index contributed by atoms with van der Waals surface area (Å²) in [4.78, 5) is 38.1. The minimum Gasteiger partial charge on any atom is -0.462 e. The van der Waals surface area contributed by atoms with Gasteiger partial charge in [-0.25, -0.2) is 0 Å². The predicted octanol–water partition coefficient (Wildman–Crippen LogP) is 21.8. The molecule has 0 aliphatic carbocycles. The van der Waals surface area contributed by atoms with Gasteiger partial charge in [0.05, 0.1) is 0 Å². The van der Waals surface area contributed by atoms with E-state index in [1.165, 1.54) is 89.9 Å². The SMILES string of the molecule is CC/C=C\C/C=C\C/C=C\C/C=C\C/C=C\C/C=C\C/C=C\C/C=C\C/C=C\CCCCCCCCCC(=O)OCC(COC(=O)CCCCCCC/C=C\CCCC)OC(=O)CCCCCCC/C=C\CCCCCC. The first kappa shape index (κ1) is 72.5. The number of carbonyl (C=O) groups excluding carboxylic acids is 3. The highest BCUT2D eigenvalue weighted by Crippen LogP contribution is 2.14. The normalized spacial score (nSPS) is 13.0. The third-order valence-corrected chi connectivity index (χ3v) is 13.1. The van der Waals surface area contributed by atoms with Gasteiger partial charge in [-0.2, -0.15) is 0 Å². The van der Waals surface area contributed by atoms with E-state index in [0.717, 1.165) is 148 Å². The molecule has 0 saturated heterocycles. The van der Waals surface area contributed by atoms with Gasteiger partial charge in [0.1, 0.15) is 13.2 Å². The van der Waals surface area contributed by atoms with Crippen LogP contribution in [0.25, 0.3) is 0 Å². The first-order valence-electron chi connectivity index (χ1n) is 31.7. The van der Waals surface area contributed by atoms with E-state index in [-0.39, 0.29) is 31.1 Å². The summed E-state index contributed by atoms with van der Waals surface area (Å²) in [7, 11) is 0. The van der Waals surface area contributed by atoms with Gasteiger partial charge in [0, 0.05) is 19.3 Å². The maximum atomic E-state index is 12.8. The summed E-state index contributed by atoms with van der Waals surface area (Å²) in [5, 5.41) is 0. The smallest absolute Gasteiger partial charge is 0.306 e. The van der Waals surface area contributed by atoms with Crippen LogP contribution in [0, 0.1) is 0 Å². The van der Waals surface area contributed by atoms with Gasteiger partial charge in [-0.15, -0.1) is 0 Å². The monoisotopic (exact) mass is 1060 g/mol. The molecule has 436 valence electrons. The van der Waals surface area contributed by atoms with Gasteiger partial charge in [-0.3, -0.25) is 14.4 Å². The summed E-state index contributed by atoms with van der Waals surface area (Å²) in [5.74, 6) is -0.921. The molecule has 0 aromatic heterocycles. The van der Waals surface area contributed by atoms with Crippen molar-refractivity contribution in [2.75, 3.05) is 13.2 Å². The number of carbonyl (C=O) groups is 3. The standard InChI is InChI=1S/C71H116O6/c1-4-7-10-13-16-19-22-24-25-26-27-28-29-30-31-32-33-34-35-36-37-38-39-40-41-42-43-44-45-47-49-52-55-58-61-64-70(73)76-67-68(66-75-69(72)63-60-57-54-51-48-21-18-15-12-9-6-3)77-71(74)65-62-59-56-53-50-46-23-20-17-14-11-8-5-2/h7,10,15-16,18-20,23-25,27-28,30-31,33-34,36-37,39-40,42-43,68H,4-6,8-9,11-14,17,21-22,26,29,32,35,38,41,44-67H2,1-3H3/b10-7-,18-15-,19-16-,23-20-,25-24-,28-27-,31-30-,34-33-,37-36-,40-39-,43-42-. The molecule has 0 amide bonds. The van der Waals surface area contributed by atoms with Crippen LogP contribution in [0.5, 0.6) is 0 Å². The first-order valence-corrected chi connectivity index (χ1v) is 31.7. The lowest BCUT2D eigenvalue weighted by atomic mass is 10.1. The summed E-state index contributed by atoms with van der Waals surface area (Å²) in [5.41, 5.74) is 0. The van der Waals surface area contributed by atoms with Gasteiger partial charge in [0.25, 0.3) is 0 Å². The van der Waals surface area contributed by atoms with Crippen LogP contribution in [0.1, 0.15) is 278 Å². The molecule has 77 heavy (non-hydrogen) atoms. The number of hydrogen-bond acceptors (Lipinski definition) is 6. The second-order valence-electron chi connectivity index (χ2n) is 20.6. The highest BCUT2D eigenvalue weighted by molar-refractivity contribution is 5.71. The number of hydrogen-bond donors (Lipinski definition) is 0. The molecule has 0 heterocycles. The summed E-state index contributed by atoms with van der Waals surface area (Å²) < 4.78 is 16.8. The summed E-state index contributed by atoms with van der Waals surface area (Å²) in [6, 6.07) is 0. The number of unbranched alkanes of at least 4 members (excludes halogenated alkanes) is 23. The highest BCUT2D eigenvalue weighted by atomic mass is 16.6. The molecule has 0 radical (unpaired) electrons. The molecule has 1 atom stereocenters. The van der Waals surface area contributed by atoms with Crippen molar-refractivity contribution in [3.05, 3.63) is 134 Å². The lowest BCUT2D eigenvalue weighted by Crippen LogP contribution is -2.30. The Hall–Kier alpha value is -4.45. The number of allylic oxidation sites excluding steroid dienone is 22. The zero-order valence-corrected chi connectivity index (χ0v) is 49.9. The second-order valence-corrected chi connectivity index (χ2v) is 20.6. The van der Waals surface area contributed by atoms with Crippen molar-refractivity contribution in [2.45, 2.75) is 284 Å². The van der Waals surface area contributed by atoms with Crippen molar-refractivity contribution < 1.29 is 28.6 Å². The number of esters is 3. The van der Waals surface area contributed by atoms with Gasteiger partial charge in [0.2, 0.25) is 0 Å². The fraction of sp³-hybridized carbons (Fsp3) is 0.648. The van der Waals surface area contributed by atoms with Crippen molar-refractivity contribution >= 4 is 17.9 Å². The lowest BCUT2D eigenvalue weighted by Gasteiger charge is -2.18. The third-order valence-electron chi connectivity index (χ3n) is 13.1. The molecule has 0 N–H and O–H groups in total. The zero-order valence-electron chi connectivity index (χ0n) is 49.9. The minimum atomic E-state index is -0.793. The molecule has 0 bridgehead atoms. The van der Waals surface area contributed by atoms with Gasteiger partial charge >= 0.3 is 17.9 Å². The van der Waals surface area contributed by atoms with Crippen LogP contribution in [0.15, 0.2) is 134 Å². The fourth-order valence-electron chi connectivity index (χ4n) is 8.35. The van der Waals surface area contributed by atoms with Crippen molar-refractivity contribution in [1.82, 2.24) is 0 Å². The van der Waals surface area contributed by atoms with Crippen molar-refractivity contribution in [3.63, 3.8) is 0 Å². The largest absolute Gasteiger partial charge is 0.462 e. The van der Waals surface area contributed by atoms with E-state index in [1.807, 2.05) is 0 Å². The summed E-state index contributed by atoms with van der Waals surface area (Å²) >= 11 is 0. The van der Waals surface area contributed by atoms with Crippen LogP contribution >= 0.6 is 0 Å². The average molecular weight is 1070 g/mol. The Morgan fingerprint density at radius 2 is 0.519 bits per heavy atom. The van der Waals surface area contributed by atoms with E-state index in [2.05, 4.69) is 154 Å². The Kier molecular flexibility index (Phi) is 60.4. The zero-order chi connectivity index (χ0) is 55.7. The van der Waals surface area contributed by atoms with Gasteiger partial charge < -0.3 is 14.2 Å². The minimum absolute atomic E-state index is 0.0910. The molecule has 0 saturated carbocycles. The van der Waals surface area contributed by atoms with Crippen LogP contribution < -0.4 is 0 Å². The number of ether oxygens (including phenoxy) is 3. The van der Waals surface area contributed by atoms with Crippen LogP contribution in [0.3, 0.4) is 0 Å². The molecule has 0 rings (SSSR count).